The van der Waals surface area contributed by atoms with Crippen LogP contribution in [0.5, 0.6) is 5.75 Å². The molecule has 1 fully saturated rings. The lowest BCUT2D eigenvalue weighted by atomic mass is 9.83. The van der Waals surface area contributed by atoms with Crippen LogP contribution in [0.4, 0.5) is 0 Å². The molecule has 30 heavy (non-hydrogen) atoms. The number of carbonyl (C=O) groups is 2. The third-order valence-corrected chi connectivity index (χ3v) is 5.74. The summed E-state index contributed by atoms with van der Waals surface area (Å²) in [7, 11) is 0. The number of benzene rings is 2. The van der Waals surface area contributed by atoms with Gasteiger partial charge in [0.25, 0.3) is 0 Å². The monoisotopic (exact) mass is 408 g/mol. The van der Waals surface area contributed by atoms with E-state index in [4.69, 9.17) is 4.74 Å². The Morgan fingerprint density at radius 3 is 2.27 bits per heavy atom. The van der Waals surface area contributed by atoms with Crippen LogP contribution in [0.2, 0.25) is 0 Å². The van der Waals surface area contributed by atoms with Crippen molar-refractivity contribution >= 4 is 11.8 Å². The minimum Gasteiger partial charge on any atom is -0.494 e. The number of hydrogen-bond acceptors (Lipinski definition) is 3. The Morgan fingerprint density at radius 2 is 1.60 bits per heavy atom. The van der Waals surface area contributed by atoms with Crippen molar-refractivity contribution in [2.75, 3.05) is 32.8 Å². The summed E-state index contributed by atoms with van der Waals surface area (Å²) in [5.41, 5.74) is 1.61. The van der Waals surface area contributed by atoms with E-state index >= 15 is 0 Å². The van der Waals surface area contributed by atoms with Gasteiger partial charge in [0.1, 0.15) is 5.75 Å². The fraction of sp³-hybridized carbons (Fsp3) is 0.440. The maximum absolute atomic E-state index is 13.1. The van der Waals surface area contributed by atoms with Crippen LogP contribution in [-0.2, 0) is 15.0 Å². The van der Waals surface area contributed by atoms with Crippen molar-refractivity contribution in [1.29, 1.82) is 0 Å². The van der Waals surface area contributed by atoms with Crippen molar-refractivity contribution < 1.29 is 14.3 Å². The molecule has 1 heterocycles. The molecule has 0 aliphatic carbocycles. The van der Waals surface area contributed by atoms with Crippen molar-refractivity contribution in [3.63, 3.8) is 0 Å². The van der Waals surface area contributed by atoms with Crippen molar-refractivity contribution in [3.05, 3.63) is 65.7 Å². The van der Waals surface area contributed by atoms with Gasteiger partial charge in [-0.2, -0.15) is 0 Å². The summed E-state index contributed by atoms with van der Waals surface area (Å²) < 4.78 is 5.73. The summed E-state index contributed by atoms with van der Waals surface area (Å²) >= 11 is 0. The first-order chi connectivity index (χ1) is 14.4. The topological polar surface area (TPSA) is 49.9 Å². The number of amides is 2. The molecule has 5 heteroatoms. The fourth-order valence-corrected chi connectivity index (χ4v) is 3.81. The molecule has 0 atom stereocenters. The highest BCUT2D eigenvalue weighted by atomic mass is 16.5. The Kier molecular flexibility index (Phi) is 7.14. The number of rotatable bonds is 7. The summed E-state index contributed by atoms with van der Waals surface area (Å²) in [6, 6.07) is 17.8. The zero-order valence-corrected chi connectivity index (χ0v) is 18.3. The summed E-state index contributed by atoms with van der Waals surface area (Å²) in [6.45, 7) is 8.84. The molecule has 2 aromatic rings. The van der Waals surface area contributed by atoms with Crippen LogP contribution in [0, 0.1) is 6.92 Å². The first-order valence-corrected chi connectivity index (χ1v) is 10.7. The Balaban J connectivity index is 1.42. The highest BCUT2D eigenvalue weighted by Crippen LogP contribution is 2.26. The molecule has 0 radical (unpaired) electrons. The third-order valence-electron chi connectivity index (χ3n) is 5.74. The van der Waals surface area contributed by atoms with Gasteiger partial charge < -0.3 is 14.5 Å². The molecule has 160 valence electrons. The molecule has 0 bridgehead atoms. The zero-order chi connectivity index (χ0) is 21.6. The van der Waals surface area contributed by atoms with Crippen molar-refractivity contribution in [1.82, 2.24) is 9.80 Å². The minimum absolute atomic E-state index is 0.118. The van der Waals surface area contributed by atoms with Crippen LogP contribution in [0.3, 0.4) is 0 Å². The molecule has 0 N–H and O–H groups in total. The van der Waals surface area contributed by atoms with Crippen LogP contribution in [-0.4, -0.2) is 54.4 Å². The van der Waals surface area contributed by atoms with E-state index in [1.807, 2.05) is 85.2 Å². The molecule has 1 aliphatic heterocycles. The van der Waals surface area contributed by atoms with Gasteiger partial charge in [0, 0.05) is 32.6 Å². The predicted octanol–water partition coefficient (Wildman–Crippen LogP) is 3.80. The van der Waals surface area contributed by atoms with Gasteiger partial charge in [0.2, 0.25) is 11.8 Å². The predicted molar refractivity (Wildman–Crippen MR) is 119 cm³/mol. The summed E-state index contributed by atoms with van der Waals surface area (Å²) in [6.07, 6.45) is 1.15. The molecule has 2 amide bonds. The standard InChI is InChI=1S/C25H32N2O3/c1-20-9-7-12-22(19-20)30-18-8-13-23(28)26-14-16-27(17-15-26)24(29)25(2,3)21-10-5-4-6-11-21/h4-7,9-12,19H,8,13-18H2,1-3H3. The van der Waals surface area contributed by atoms with E-state index in [0.717, 1.165) is 16.9 Å². The van der Waals surface area contributed by atoms with Crippen molar-refractivity contribution in [2.45, 2.75) is 39.0 Å². The lowest BCUT2D eigenvalue weighted by Crippen LogP contribution is -2.54. The highest BCUT2D eigenvalue weighted by Gasteiger charge is 2.35. The molecule has 0 spiro atoms. The van der Waals surface area contributed by atoms with Gasteiger partial charge in [-0.1, -0.05) is 42.5 Å². The van der Waals surface area contributed by atoms with Gasteiger partial charge in [0.15, 0.2) is 0 Å². The molecule has 0 unspecified atom stereocenters. The SMILES string of the molecule is Cc1cccc(OCCCC(=O)N2CCN(C(=O)C(C)(C)c3ccccc3)CC2)c1. The van der Waals surface area contributed by atoms with E-state index in [-0.39, 0.29) is 11.8 Å². The molecule has 1 saturated heterocycles. The minimum atomic E-state index is -0.569. The fourth-order valence-electron chi connectivity index (χ4n) is 3.81. The largest absolute Gasteiger partial charge is 0.494 e. The molecule has 5 nitrogen and oxygen atoms in total. The summed E-state index contributed by atoms with van der Waals surface area (Å²) in [5.74, 6) is 1.10. The van der Waals surface area contributed by atoms with E-state index in [0.29, 0.717) is 45.6 Å². The zero-order valence-electron chi connectivity index (χ0n) is 18.3. The van der Waals surface area contributed by atoms with Gasteiger partial charge in [0.05, 0.1) is 12.0 Å². The summed E-state index contributed by atoms with van der Waals surface area (Å²) in [5, 5.41) is 0. The van der Waals surface area contributed by atoms with Gasteiger partial charge in [-0.25, -0.2) is 0 Å². The van der Waals surface area contributed by atoms with E-state index in [2.05, 4.69) is 0 Å². The summed E-state index contributed by atoms with van der Waals surface area (Å²) in [4.78, 5) is 29.4. The first kappa shape index (κ1) is 21.9. The van der Waals surface area contributed by atoms with Crippen molar-refractivity contribution in [3.8, 4) is 5.75 Å². The van der Waals surface area contributed by atoms with E-state index in [9.17, 15) is 9.59 Å². The molecule has 0 saturated carbocycles. The molecule has 1 aliphatic rings. The van der Waals surface area contributed by atoms with Gasteiger partial charge in [-0.15, -0.1) is 0 Å². The first-order valence-electron chi connectivity index (χ1n) is 10.7. The molecule has 3 rings (SSSR count). The number of carbonyl (C=O) groups excluding carboxylic acids is 2. The second-order valence-corrected chi connectivity index (χ2v) is 8.43. The second kappa shape index (κ2) is 9.79. The van der Waals surface area contributed by atoms with Gasteiger partial charge in [-0.3, -0.25) is 9.59 Å². The van der Waals surface area contributed by atoms with Crippen LogP contribution in [0.25, 0.3) is 0 Å². The van der Waals surface area contributed by atoms with Crippen molar-refractivity contribution in [2.24, 2.45) is 0 Å². The van der Waals surface area contributed by atoms with E-state index in [1.54, 1.807) is 0 Å². The quantitative estimate of drug-likeness (QED) is 0.655. The lowest BCUT2D eigenvalue weighted by Gasteiger charge is -2.38. The maximum Gasteiger partial charge on any atom is 0.232 e. The van der Waals surface area contributed by atoms with Crippen LogP contribution in [0.15, 0.2) is 54.6 Å². The van der Waals surface area contributed by atoms with Gasteiger partial charge in [-0.05, 0) is 50.5 Å². The molecule has 2 aromatic carbocycles. The number of ether oxygens (including phenoxy) is 1. The number of hydrogen-bond donors (Lipinski definition) is 0. The Morgan fingerprint density at radius 1 is 0.933 bits per heavy atom. The maximum atomic E-state index is 13.1. The third kappa shape index (κ3) is 5.41. The average molecular weight is 409 g/mol. The smallest absolute Gasteiger partial charge is 0.232 e. The molecular weight excluding hydrogens is 376 g/mol. The Hall–Kier alpha value is -2.82. The average Bonchev–Trinajstić information content (AvgIpc) is 2.77. The lowest BCUT2D eigenvalue weighted by molar-refractivity contribution is -0.142. The Bertz CT molecular complexity index is 856. The number of piperazine rings is 1. The van der Waals surface area contributed by atoms with E-state index < -0.39 is 5.41 Å². The molecule has 0 aromatic heterocycles. The van der Waals surface area contributed by atoms with Crippen LogP contribution < -0.4 is 4.74 Å². The van der Waals surface area contributed by atoms with E-state index in [1.165, 1.54) is 0 Å². The Labute approximate surface area is 179 Å². The second-order valence-electron chi connectivity index (χ2n) is 8.43. The van der Waals surface area contributed by atoms with Gasteiger partial charge >= 0.3 is 0 Å². The van der Waals surface area contributed by atoms with Crippen LogP contribution in [0.1, 0.15) is 37.8 Å². The number of nitrogens with zero attached hydrogens (tertiary/aromatic N) is 2. The number of aryl methyl sites for hydroxylation is 1. The normalized spacial score (nSPS) is 14.5. The highest BCUT2D eigenvalue weighted by molar-refractivity contribution is 5.87. The van der Waals surface area contributed by atoms with Crippen LogP contribution >= 0.6 is 0 Å². The molecular formula is C25H32N2O3.